The number of hydrogen-bond acceptors (Lipinski definition) is 4. The molecule has 5 nitrogen and oxygen atoms in total. The molecule has 0 bridgehead atoms. The normalized spacial score (nSPS) is 22.1. The molecule has 20 heavy (non-hydrogen) atoms. The van der Waals surface area contributed by atoms with Crippen molar-refractivity contribution < 1.29 is 17.9 Å². The average Bonchev–Trinajstić information content (AvgIpc) is 2.42. The van der Waals surface area contributed by atoms with Crippen molar-refractivity contribution in [2.45, 2.75) is 17.4 Å². The van der Waals surface area contributed by atoms with Gasteiger partial charge in [-0.1, -0.05) is 0 Å². The Morgan fingerprint density at radius 2 is 1.95 bits per heavy atom. The molecule has 0 radical (unpaired) electrons. The molecule has 0 saturated carbocycles. The molecule has 1 aliphatic rings. The van der Waals surface area contributed by atoms with E-state index in [0.29, 0.717) is 26.1 Å². The molecule has 1 atom stereocenters. The van der Waals surface area contributed by atoms with Gasteiger partial charge in [0.2, 0.25) is 10.0 Å². The quantitative estimate of drug-likeness (QED) is 0.880. The van der Waals surface area contributed by atoms with Gasteiger partial charge in [-0.25, -0.2) is 12.8 Å². The van der Waals surface area contributed by atoms with Crippen molar-refractivity contribution in [3.8, 4) is 0 Å². The fraction of sp³-hybridized carbons (Fsp3) is 0.538. The second kappa shape index (κ2) is 6.17. The Kier molecular flexibility index (Phi) is 4.74. The molecule has 0 amide bonds. The first-order valence-electron chi connectivity index (χ1n) is 6.52. The summed E-state index contributed by atoms with van der Waals surface area (Å²) in [6.07, 6.45) is 0.534. The molecule has 7 heteroatoms. The maximum atomic E-state index is 12.9. The molecule has 2 rings (SSSR count). The van der Waals surface area contributed by atoms with E-state index < -0.39 is 15.8 Å². The maximum absolute atomic E-state index is 12.9. The van der Waals surface area contributed by atoms with Crippen LogP contribution < -0.4 is 0 Å². The molecule has 1 aliphatic heterocycles. The van der Waals surface area contributed by atoms with Crippen LogP contribution in [0.15, 0.2) is 29.2 Å². The molecule has 1 heterocycles. The van der Waals surface area contributed by atoms with Crippen LogP contribution in [-0.2, 0) is 10.0 Å². The van der Waals surface area contributed by atoms with Gasteiger partial charge in [0.15, 0.2) is 0 Å². The Balaban J connectivity index is 2.19. The van der Waals surface area contributed by atoms with Gasteiger partial charge in [-0.05, 0) is 37.7 Å². The van der Waals surface area contributed by atoms with Crippen LogP contribution in [0.4, 0.5) is 4.39 Å². The topological polar surface area (TPSA) is 60.9 Å². The summed E-state index contributed by atoms with van der Waals surface area (Å²) in [7, 11) is -1.68. The zero-order valence-electron chi connectivity index (χ0n) is 11.4. The number of aliphatic hydroxyl groups excluding tert-OH is 1. The van der Waals surface area contributed by atoms with Crippen molar-refractivity contribution in [1.29, 1.82) is 0 Å². The Bertz CT molecular complexity index is 547. The highest BCUT2D eigenvalue weighted by atomic mass is 32.2. The van der Waals surface area contributed by atoms with E-state index in [1.807, 2.05) is 11.9 Å². The highest BCUT2D eigenvalue weighted by molar-refractivity contribution is 7.89. The van der Waals surface area contributed by atoms with Crippen molar-refractivity contribution in [2.75, 3.05) is 33.3 Å². The molecule has 1 fully saturated rings. The zero-order valence-corrected chi connectivity index (χ0v) is 12.2. The molecule has 1 saturated heterocycles. The second-order valence-corrected chi connectivity index (χ2v) is 6.90. The van der Waals surface area contributed by atoms with Crippen LogP contribution in [0.1, 0.15) is 6.42 Å². The minimum absolute atomic E-state index is 0.00368. The summed E-state index contributed by atoms with van der Waals surface area (Å²) >= 11 is 0. The third-order valence-corrected chi connectivity index (χ3v) is 5.53. The number of sulfonamides is 1. The third kappa shape index (κ3) is 3.17. The number of rotatable bonds is 4. The summed E-state index contributed by atoms with van der Waals surface area (Å²) < 4.78 is 39.2. The van der Waals surface area contributed by atoms with Crippen LogP contribution in [0.3, 0.4) is 0 Å². The number of aliphatic hydroxyl groups is 1. The van der Waals surface area contributed by atoms with Crippen LogP contribution in [0.5, 0.6) is 0 Å². The molecule has 0 spiro atoms. The van der Waals surface area contributed by atoms with E-state index in [4.69, 9.17) is 5.11 Å². The monoisotopic (exact) mass is 302 g/mol. The molecule has 0 aromatic heterocycles. The summed E-state index contributed by atoms with van der Waals surface area (Å²) in [5.74, 6) is -0.458. The molecular formula is C13H19FN2O3S. The molecular weight excluding hydrogens is 283 g/mol. The number of nitrogens with zero attached hydrogens (tertiary/aromatic N) is 2. The van der Waals surface area contributed by atoms with E-state index in [1.54, 1.807) is 0 Å². The van der Waals surface area contributed by atoms with Gasteiger partial charge in [-0.3, -0.25) is 0 Å². The third-order valence-electron chi connectivity index (χ3n) is 3.65. The molecule has 1 aromatic carbocycles. The van der Waals surface area contributed by atoms with Crippen molar-refractivity contribution in [3.63, 3.8) is 0 Å². The fourth-order valence-electron chi connectivity index (χ4n) is 2.35. The molecule has 1 N–H and O–H groups in total. The van der Waals surface area contributed by atoms with E-state index >= 15 is 0 Å². The number of halogens is 1. The highest BCUT2D eigenvalue weighted by Gasteiger charge is 2.32. The van der Waals surface area contributed by atoms with E-state index in [0.717, 1.165) is 12.1 Å². The Labute approximate surface area is 118 Å². The van der Waals surface area contributed by atoms with Crippen LogP contribution in [0.2, 0.25) is 0 Å². The highest BCUT2D eigenvalue weighted by Crippen LogP contribution is 2.20. The Hall–Kier alpha value is -1.02. The molecule has 1 aromatic rings. The lowest BCUT2D eigenvalue weighted by molar-refractivity contribution is 0.120. The first-order chi connectivity index (χ1) is 9.45. The number of piperazine rings is 1. The van der Waals surface area contributed by atoms with Crippen molar-refractivity contribution in [3.05, 3.63) is 30.1 Å². The van der Waals surface area contributed by atoms with E-state index in [2.05, 4.69) is 0 Å². The lowest BCUT2D eigenvalue weighted by Gasteiger charge is -2.38. The van der Waals surface area contributed by atoms with Gasteiger partial charge in [0.1, 0.15) is 5.82 Å². The van der Waals surface area contributed by atoms with Crippen LogP contribution in [-0.4, -0.2) is 62.1 Å². The molecule has 112 valence electrons. The van der Waals surface area contributed by atoms with Gasteiger partial charge in [0, 0.05) is 32.3 Å². The summed E-state index contributed by atoms with van der Waals surface area (Å²) in [4.78, 5) is 2.15. The van der Waals surface area contributed by atoms with Crippen molar-refractivity contribution >= 4 is 10.0 Å². The van der Waals surface area contributed by atoms with Crippen molar-refractivity contribution in [2.24, 2.45) is 0 Å². The molecule has 0 aliphatic carbocycles. The summed E-state index contributed by atoms with van der Waals surface area (Å²) in [6, 6.07) is 4.86. The van der Waals surface area contributed by atoms with E-state index in [-0.39, 0.29) is 17.5 Å². The van der Waals surface area contributed by atoms with Crippen molar-refractivity contribution in [1.82, 2.24) is 9.21 Å². The first-order valence-corrected chi connectivity index (χ1v) is 7.96. The summed E-state index contributed by atoms with van der Waals surface area (Å²) in [6.45, 7) is 1.39. The minimum Gasteiger partial charge on any atom is -0.396 e. The Morgan fingerprint density at radius 3 is 2.55 bits per heavy atom. The van der Waals surface area contributed by atoms with Gasteiger partial charge in [0.05, 0.1) is 4.90 Å². The van der Waals surface area contributed by atoms with E-state index in [1.165, 1.54) is 16.4 Å². The SMILES string of the molecule is CN1CCN(S(=O)(=O)c2ccc(F)cc2)C[C@@H]1CCO. The fourth-order valence-corrected chi connectivity index (χ4v) is 3.82. The number of hydrogen-bond donors (Lipinski definition) is 1. The minimum atomic E-state index is -3.60. The average molecular weight is 302 g/mol. The predicted octanol–water partition coefficient (Wildman–Crippen LogP) is 0.513. The van der Waals surface area contributed by atoms with Gasteiger partial charge in [-0.2, -0.15) is 4.31 Å². The largest absolute Gasteiger partial charge is 0.396 e. The van der Waals surface area contributed by atoms with Gasteiger partial charge < -0.3 is 10.0 Å². The summed E-state index contributed by atoms with van der Waals surface area (Å²) in [5, 5.41) is 9.04. The van der Waals surface area contributed by atoms with Gasteiger partial charge in [0.25, 0.3) is 0 Å². The van der Waals surface area contributed by atoms with Gasteiger partial charge in [-0.15, -0.1) is 0 Å². The summed E-state index contributed by atoms with van der Waals surface area (Å²) in [5.41, 5.74) is 0. The van der Waals surface area contributed by atoms with Crippen LogP contribution in [0.25, 0.3) is 0 Å². The predicted molar refractivity (Wildman–Crippen MR) is 73.3 cm³/mol. The van der Waals surface area contributed by atoms with Crippen LogP contribution >= 0.6 is 0 Å². The maximum Gasteiger partial charge on any atom is 0.243 e. The van der Waals surface area contributed by atoms with Crippen LogP contribution in [0, 0.1) is 5.82 Å². The number of likely N-dealkylation sites (N-methyl/N-ethyl adjacent to an activating group) is 1. The second-order valence-electron chi connectivity index (χ2n) is 4.96. The lowest BCUT2D eigenvalue weighted by Crippen LogP contribution is -2.53. The van der Waals surface area contributed by atoms with Gasteiger partial charge >= 0.3 is 0 Å². The smallest absolute Gasteiger partial charge is 0.243 e. The zero-order chi connectivity index (χ0) is 14.8. The molecule has 0 unspecified atom stereocenters. The van der Waals surface area contributed by atoms with E-state index in [9.17, 15) is 12.8 Å². The Morgan fingerprint density at radius 1 is 1.30 bits per heavy atom. The lowest BCUT2D eigenvalue weighted by atomic mass is 10.1. The first kappa shape index (κ1) is 15.4. The number of benzene rings is 1. The standard InChI is InChI=1S/C13H19FN2O3S/c1-15-7-8-16(10-12(15)6-9-17)20(18,19)13-4-2-11(14)3-5-13/h2-5,12,17H,6-10H2,1H3/t12-/m0/s1.